The number of ether oxygens (including phenoxy) is 1. The first-order valence-corrected chi connectivity index (χ1v) is 8.11. The monoisotopic (exact) mass is 333 g/mol. The Labute approximate surface area is 146 Å². The molecule has 4 nitrogen and oxygen atoms in total. The summed E-state index contributed by atoms with van der Waals surface area (Å²) in [6.45, 7) is 3.39. The molecule has 1 atom stereocenters. The fourth-order valence-electron chi connectivity index (χ4n) is 2.59. The Morgan fingerprint density at radius 3 is 2.36 bits per heavy atom. The van der Waals surface area contributed by atoms with Gasteiger partial charge in [-0.05, 0) is 48.4 Å². The lowest BCUT2D eigenvalue weighted by Crippen LogP contribution is -2.30. The van der Waals surface area contributed by atoms with Crippen LogP contribution in [0.4, 0.5) is 5.69 Å². The predicted molar refractivity (Wildman–Crippen MR) is 98.6 cm³/mol. The molecule has 0 aliphatic carbocycles. The molecule has 0 aliphatic rings. The number of carbonyl (C=O) groups is 2. The summed E-state index contributed by atoms with van der Waals surface area (Å²) in [5.74, 6) is -0.864. The van der Waals surface area contributed by atoms with Crippen LogP contribution in [0.5, 0.6) is 0 Å². The molecule has 1 amide bonds. The number of carbonyl (C=O) groups excluding carboxylic acids is 2. The maximum atomic E-state index is 12.3. The zero-order valence-corrected chi connectivity index (χ0v) is 14.2. The summed E-state index contributed by atoms with van der Waals surface area (Å²) in [7, 11) is 0. The van der Waals surface area contributed by atoms with Crippen molar-refractivity contribution in [2.45, 2.75) is 20.0 Å². The van der Waals surface area contributed by atoms with Crippen LogP contribution in [0.1, 0.15) is 22.8 Å². The third-order valence-corrected chi connectivity index (χ3v) is 4.04. The molecule has 4 heteroatoms. The molecule has 3 aromatic rings. The van der Waals surface area contributed by atoms with Crippen molar-refractivity contribution in [2.24, 2.45) is 0 Å². The number of benzene rings is 3. The minimum Gasteiger partial charge on any atom is -0.449 e. The van der Waals surface area contributed by atoms with Crippen LogP contribution in [0.2, 0.25) is 0 Å². The quantitative estimate of drug-likeness (QED) is 0.723. The van der Waals surface area contributed by atoms with Gasteiger partial charge in [-0.3, -0.25) is 4.79 Å². The van der Waals surface area contributed by atoms with Gasteiger partial charge in [0, 0.05) is 5.69 Å². The maximum absolute atomic E-state index is 12.3. The second-order valence-corrected chi connectivity index (χ2v) is 5.91. The minimum absolute atomic E-state index is 0.364. The highest BCUT2D eigenvalue weighted by atomic mass is 16.5. The van der Waals surface area contributed by atoms with Gasteiger partial charge in [0.2, 0.25) is 0 Å². The summed E-state index contributed by atoms with van der Waals surface area (Å²) in [6, 6.07) is 20.7. The van der Waals surface area contributed by atoms with Crippen LogP contribution in [0, 0.1) is 6.92 Å². The molecule has 1 N–H and O–H groups in total. The Kier molecular flexibility index (Phi) is 4.80. The van der Waals surface area contributed by atoms with Gasteiger partial charge >= 0.3 is 5.97 Å². The van der Waals surface area contributed by atoms with Crippen molar-refractivity contribution in [3.05, 3.63) is 77.9 Å². The average Bonchev–Trinajstić information content (AvgIpc) is 2.61. The first-order chi connectivity index (χ1) is 12.0. The Balaban J connectivity index is 1.67. The van der Waals surface area contributed by atoms with Crippen molar-refractivity contribution in [3.63, 3.8) is 0 Å². The van der Waals surface area contributed by atoms with Crippen molar-refractivity contribution in [2.75, 3.05) is 5.32 Å². The molecule has 0 radical (unpaired) electrons. The molecular formula is C21H19NO3. The molecule has 0 saturated heterocycles. The van der Waals surface area contributed by atoms with Crippen molar-refractivity contribution < 1.29 is 14.3 Å². The molecule has 1 unspecified atom stereocenters. The summed E-state index contributed by atoms with van der Waals surface area (Å²) in [4.78, 5) is 24.5. The Bertz CT molecular complexity index is 933. The van der Waals surface area contributed by atoms with Crippen LogP contribution in [-0.2, 0) is 9.53 Å². The Morgan fingerprint density at radius 1 is 0.920 bits per heavy atom. The van der Waals surface area contributed by atoms with Crippen molar-refractivity contribution >= 4 is 28.3 Å². The van der Waals surface area contributed by atoms with E-state index in [-0.39, 0.29) is 5.91 Å². The molecule has 0 spiro atoms. The standard InChI is InChI=1S/C21H19NO3/c1-14-7-3-6-10-19(14)21(24)25-15(2)20(23)22-18-12-11-16-8-4-5-9-17(16)13-18/h3-13,15H,1-2H3,(H,22,23). The number of esters is 1. The summed E-state index contributed by atoms with van der Waals surface area (Å²) in [5, 5.41) is 4.92. The van der Waals surface area contributed by atoms with Crippen LogP contribution in [0.25, 0.3) is 10.8 Å². The van der Waals surface area contributed by atoms with Crippen LogP contribution < -0.4 is 5.32 Å². The summed E-state index contributed by atoms with van der Waals surface area (Å²) in [5.41, 5.74) is 1.95. The molecule has 0 aliphatic heterocycles. The lowest BCUT2D eigenvalue weighted by atomic mass is 10.1. The first-order valence-electron chi connectivity index (χ1n) is 8.11. The van der Waals surface area contributed by atoms with Gasteiger partial charge in [0.15, 0.2) is 6.10 Å². The molecule has 126 valence electrons. The van der Waals surface area contributed by atoms with E-state index in [1.165, 1.54) is 0 Å². The highest BCUT2D eigenvalue weighted by molar-refractivity contribution is 5.99. The molecule has 0 saturated carbocycles. The van der Waals surface area contributed by atoms with E-state index in [0.717, 1.165) is 16.3 Å². The van der Waals surface area contributed by atoms with Gasteiger partial charge in [-0.1, -0.05) is 48.5 Å². The van der Waals surface area contributed by atoms with Crippen LogP contribution in [0.3, 0.4) is 0 Å². The van der Waals surface area contributed by atoms with E-state index in [1.54, 1.807) is 19.1 Å². The molecule has 25 heavy (non-hydrogen) atoms. The largest absolute Gasteiger partial charge is 0.449 e. The van der Waals surface area contributed by atoms with Gasteiger partial charge in [0.05, 0.1) is 5.56 Å². The van der Waals surface area contributed by atoms with Gasteiger partial charge in [-0.2, -0.15) is 0 Å². The number of aryl methyl sites for hydroxylation is 1. The van der Waals surface area contributed by atoms with E-state index >= 15 is 0 Å². The summed E-state index contributed by atoms with van der Waals surface area (Å²) >= 11 is 0. The lowest BCUT2D eigenvalue weighted by Gasteiger charge is -2.14. The number of hydrogen-bond donors (Lipinski definition) is 1. The van der Waals surface area contributed by atoms with Gasteiger partial charge in [-0.15, -0.1) is 0 Å². The molecule has 0 aromatic heterocycles. The second-order valence-electron chi connectivity index (χ2n) is 5.91. The third-order valence-electron chi connectivity index (χ3n) is 4.04. The molecule has 0 bridgehead atoms. The number of amides is 1. The van der Waals surface area contributed by atoms with E-state index in [2.05, 4.69) is 5.32 Å². The minimum atomic E-state index is -0.890. The molecule has 0 heterocycles. The van der Waals surface area contributed by atoms with Gasteiger partial charge in [0.1, 0.15) is 0 Å². The summed E-state index contributed by atoms with van der Waals surface area (Å²) in [6.07, 6.45) is -0.890. The summed E-state index contributed by atoms with van der Waals surface area (Å²) < 4.78 is 5.29. The van der Waals surface area contributed by atoms with E-state index in [4.69, 9.17) is 4.74 Å². The fourth-order valence-corrected chi connectivity index (χ4v) is 2.59. The van der Waals surface area contributed by atoms with E-state index < -0.39 is 12.1 Å². The first kappa shape index (κ1) is 16.7. The van der Waals surface area contributed by atoms with Crippen LogP contribution in [0.15, 0.2) is 66.7 Å². The van der Waals surface area contributed by atoms with E-state index in [0.29, 0.717) is 11.3 Å². The number of anilines is 1. The van der Waals surface area contributed by atoms with E-state index in [1.807, 2.05) is 61.5 Å². The van der Waals surface area contributed by atoms with Crippen molar-refractivity contribution in [3.8, 4) is 0 Å². The van der Waals surface area contributed by atoms with Gasteiger partial charge in [-0.25, -0.2) is 4.79 Å². The number of nitrogens with one attached hydrogen (secondary N) is 1. The van der Waals surface area contributed by atoms with Gasteiger partial charge < -0.3 is 10.1 Å². The average molecular weight is 333 g/mol. The highest BCUT2D eigenvalue weighted by Crippen LogP contribution is 2.19. The highest BCUT2D eigenvalue weighted by Gasteiger charge is 2.20. The zero-order chi connectivity index (χ0) is 17.8. The molecular weight excluding hydrogens is 314 g/mol. The third kappa shape index (κ3) is 3.86. The predicted octanol–water partition coefficient (Wildman–Crippen LogP) is 4.33. The zero-order valence-electron chi connectivity index (χ0n) is 14.2. The van der Waals surface area contributed by atoms with Crippen LogP contribution in [-0.4, -0.2) is 18.0 Å². The van der Waals surface area contributed by atoms with Crippen molar-refractivity contribution in [1.82, 2.24) is 0 Å². The maximum Gasteiger partial charge on any atom is 0.339 e. The second kappa shape index (κ2) is 7.18. The van der Waals surface area contributed by atoms with Gasteiger partial charge in [0.25, 0.3) is 5.91 Å². The van der Waals surface area contributed by atoms with Crippen LogP contribution >= 0.6 is 0 Å². The van der Waals surface area contributed by atoms with Crippen molar-refractivity contribution in [1.29, 1.82) is 0 Å². The topological polar surface area (TPSA) is 55.4 Å². The Hall–Kier alpha value is -3.14. The molecule has 3 aromatic carbocycles. The molecule has 3 rings (SSSR count). The lowest BCUT2D eigenvalue weighted by molar-refractivity contribution is -0.123. The van der Waals surface area contributed by atoms with E-state index in [9.17, 15) is 9.59 Å². The SMILES string of the molecule is Cc1ccccc1C(=O)OC(C)C(=O)Nc1ccc2ccccc2c1. The number of fused-ring (bicyclic) bond motifs is 1. The Morgan fingerprint density at radius 2 is 1.60 bits per heavy atom. The fraction of sp³-hybridized carbons (Fsp3) is 0.143. The number of hydrogen-bond acceptors (Lipinski definition) is 3. The smallest absolute Gasteiger partial charge is 0.339 e. The normalized spacial score (nSPS) is 11.8. The number of rotatable bonds is 4. The molecule has 0 fully saturated rings.